The number of nitrogens with zero attached hydrogens (tertiary/aromatic N) is 1. The molecule has 3 aliphatic heterocycles. The topological polar surface area (TPSA) is 75.7 Å². The lowest BCUT2D eigenvalue weighted by atomic mass is 9.86. The summed E-state index contributed by atoms with van der Waals surface area (Å²) in [5, 5.41) is 2.70. The monoisotopic (exact) mass is 302 g/mol. The summed E-state index contributed by atoms with van der Waals surface area (Å²) in [6.45, 7) is 2.17. The van der Waals surface area contributed by atoms with E-state index in [1.54, 1.807) is 4.31 Å². The third-order valence-corrected chi connectivity index (χ3v) is 7.10. The van der Waals surface area contributed by atoms with Crippen LogP contribution in [0.3, 0.4) is 0 Å². The van der Waals surface area contributed by atoms with Gasteiger partial charge in [-0.1, -0.05) is 0 Å². The van der Waals surface area contributed by atoms with Crippen LogP contribution in [0.5, 0.6) is 0 Å². The van der Waals surface area contributed by atoms with Crippen LogP contribution in [0.1, 0.15) is 32.1 Å². The van der Waals surface area contributed by atoms with Crippen LogP contribution < -0.4 is 5.32 Å². The van der Waals surface area contributed by atoms with Crippen LogP contribution in [-0.4, -0.2) is 56.2 Å². The van der Waals surface area contributed by atoms with Gasteiger partial charge in [-0.15, -0.1) is 0 Å². The van der Waals surface area contributed by atoms with Crippen molar-refractivity contribution in [1.29, 1.82) is 0 Å². The third kappa shape index (κ3) is 2.71. The van der Waals surface area contributed by atoms with Gasteiger partial charge >= 0.3 is 0 Å². The molecule has 3 aliphatic rings. The van der Waals surface area contributed by atoms with Crippen LogP contribution in [0.4, 0.5) is 0 Å². The van der Waals surface area contributed by atoms with E-state index in [1.165, 1.54) is 0 Å². The maximum absolute atomic E-state index is 12.7. The van der Waals surface area contributed by atoms with E-state index in [2.05, 4.69) is 5.32 Å². The highest BCUT2D eigenvalue weighted by Gasteiger charge is 2.40. The van der Waals surface area contributed by atoms with Gasteiger partial charge in [0.2, 0.25) is 15.9 Å². The highest BCUT2D eigenvalue weighted by Crippen LogP contribution is 2.29. The Labute approximate surface area is 119 Å². The van der Waals surface area contributed by atoms with Gasteiger partial charge < -0.3 is 10.1 Å². The standard InChI is InChI=1S/C13H22N2O4S/c16-13-2-1-10-9-15(6-3-12(10)14-13)20(17,18)11-4-7-19-8-5-11/h10-12H,1-9H2,(H,14,16). The van der Waals surface area contributed by atoms with Crippen molar-refractivity contribution in [3.63, 3.8) is 0 Å². The number of ether oxygens (including phenoxy) is 1. The number of sulfonamides is 1. The molecule has 0 aromatic rings. The van der Waals surface area contributed by atoms with Crippen molar-refractivity contribution in [2.75, 3.05) is 26.3 Å². The number of hydrogen-bond donors (Lipinski definition) is 1. The van der Waals surface area contributed by atoms with Crippen molar-refractivity contribution < 1.29 is 17.9 Å². The predicted octanol–water partition coefficient (Wildman–Crippen LogP) is 0.0957. The number of piperidine rings is 2. The number of rotatable bonds is 2. The first-order chi connectivity index (χ1) is 9.57. The average Bonchev–Trinajstić information content (AvgIpc) is 2.47. The van der Waals surface area contributed by atoms with E-state index in [9.17, 15) is 13.2 Å². The SMILES string of the molecule is O=C1CCC2CN(S(=O)(=O)C3CCOCC3)CCC2N1. The maximum atomic E-state index is 12.7. The van der Waals surface area contributed by atoms with Gasteiger partial charge in [-0.3, -0.25) is 4.79 Å². The Bertz CT molecular complexity index is 473. The first kappa shape index (κ1) is 14.3. The van der Waals surface area contributed by atoms with Crippen molar-refractivity contribution in [3.05, 3.63) is 0 Å². The smallest absolute Gasteiger partial charge is 0.220 e. The summed E-state index contributed by atoms with van der Waals surface area (Å²) >= 11 is 0. The quantitative estimate of drug-likeness (QED) is 0.785. The molecule has 0 aromatic heterocycles. The van der Waals surface area contributed by atoms with Gasteiger partial charge in [0, 0.05) is 38.8 Å². The normalized spacial score (nSPS) is 33.5. The average molecular weight is 302 g/mol. The van der Waals surface area contributed by atoms with Crippen LogP contribution in [0.2, 0.25) is 0 Å². The summed E-state index contributed by atoms with van der Waals surface area (Å²) in [6, 6.07) is 0.164. The number of hydrogen-bond acceptors (Lipinski definition) is 4. The highest BCUT2D eigenvalue weighted by atomic mass is 32.2. The van der Waals surface area contributed by atoms with Gasteiger partial charge in [0.1, 0.15) is 0 Å². The van der Waals surface area contributed by atoms with E-state index < -0.39 is 10.0 Å². The van der Waals surface area contributed by atoms with Gasteiger partial charge in [0.05, 0.1) is 5.25 Å². The van der Waals surface area contributed by atoms with Crippen LogP contribution in [0.25, 0.3) is 0 Å². The lowest BCUT2D eigenvalue weighted by molar-refractivity contribution is -0.124. The fourth-order valence-corrected chi connectivity index (χ4v) is 5.46. The summed E-state index contributed by atoms with van der Waals surface area (Å²) in [5.41, 5.74) is 0. The fourth-order valence-electron chi connectivity index (χ4n) is 3.49. The van der Waals surface area contributed by atoms with Gasteiger partial charge in [-0.05, 0) is 31.6 Å². The molecule has 0 radical (unpaired) electrons. The third-order valence-electron chi connectivity index (χ3n) is 4.73. The van der Waals surface area contributed by atoms with Crippen molar-refractivity contribution in [1.82, 2.24) is 9.62 Å². The van der Waals surface area contributed by atoms with Crippen LogP contribution in [-0.2, 0) is 19.6 Å². The zero-order valence-electron chi connectivity index (χ0n) is 11.6. The molecule has 114 valence electrons. The first-order valence-electron chi connectivity index (χ1n) is 7.43. The molecule has 1 N–H and O–H groups in total. The number of amides is 1. The largest absolute Gasteiger partial charge is 0.381 e. The Hall–Kier alpha value is -0.660. The molecule has 3 heterocycles. The van der Waals surface area contributed by atoms with E-state index in [-0.39, 0.29) is 23.1 Å². The summed E-state index contributed by atoms with van der Waals surface area (Å²) in [4.78, 5) is 11.4. The predicted molar refractivity (Wildman–Crippen MR) is 73.6 cm³/mol. The Balaban J connectivity index is 1.67. The van der Waals surface area contributed by atoms with Gasteiger partial charge in [-0.2, -0.15) is 0 Å². The maximum Gasteiger partial charge on any atom is 0.220 e. The highest BCUT2D eigenvalue weighted by molar-refractivity contribution is 7.89. The van der Waals surface area contributed by atoms with Gasteiger partial charge in [-0.25, -0.2) is 12.7 Å². The molecule has 0 aliphatic carbocycles. The fraction of sp³-hybridized carbons (Fsp3) is 0.923. The van der Waals surface area contributed by atoms with Crippen molar-refractivity contribution in [2.45, 2.75) is 43.4 Å². The summed E-state index contributed by atoms with van der Waals surface area (Å²) in [6.07, 6.45) is 3.26. The number of fused-ring (bicyclic) bond motifs is 1. The molecule has 1 amide bonds. The Kier molecular flexibility index (Phi) is 4.01. The minimum absolute atomic E-state index is 0.104. The minimum Gasteiger partial charge on any atom is -0.381 e. The molecule has 0 bridgehead atoms. The van der Waals surface area contributed by atoms with Gasteiger partial charge in [0.25, 0.3) is 0 Å². The Morgan fingerprint density at radius 1 is 1.15 bits per heavy atom. The summed E-state index contributed by atoms with van der Waals surface area (Å²) in [5.74, 6) is 0.378. The molecule has 20 heavy (non-hydrogen) atoms. The molecular formula is C13H22N2O4S. The molecule has 3 rings (SSSR count). The van der Waals surface area contributed by atoms with E-state index in [1.807, 2.05) is 0 Å². The molecule has 2 atom stereocenters. The molecule has 0 spiro atoms. The lowest BCUT2D eigenvalue weighted by Crippen LogP contribution is -2.56. The molecule has 7 heteroatoms. The molecule has 0 aromatic carbocycles. The second-order valence-electron chi connectivity index (χ2n) is 5.98. The second kappa shape index (κ2) is 5.61. The summed E-state index contributed by atoms with van der Waals surface area (Å²) in [7, 11) is -3.21. The zero-order chi connectivity index (χ0) is 14.2. The summed E-state index contributed by atoms with van der Waals surface area (Å²) < 4.78 is 32.2. The molecular weight excluding hydrogens is 280 g/mol. The minimum atomic E-state index is -3.21. The van der Waals surface area contributed by atoms with Crippen molar-refractivity contribution in [3.8, 4) is 0 Å². The number of carbonyl (C=O) groups is 1. The van der Waals surface area contributed by atoms with E-state index in [0.29, 0.717) is 45.6 Å². The van der Waals surface area contributed by atoms with Crippen molar-refractivity contribution in [2.24, 2.45) is 5.92 Å². The molecule has 0 saturated carbocycles. The Morgan fingerprint density at radius 3 is 2.65 bits per heavy atom. The zero-order valence-corrected chi connectivity index (χ0v) is 12.4. The lowest BCUT2D eigenvalue weighted by Gasteiger charge is -2.42. The van der Waals surface area contributed by atoms with Crippen LogP contribution >= 0.6 is 0 Å². The van der Waals surface area contributed by atoms with Crippen molar-refractivity contribution >= 4 is 15.9 Å². The van der Waals surface area contributed by atoms with Gasteiger partial charge in [0.15, 0.2) is 0 Å². The number of nitrogens with one attached hydrogen (secondary N) is 1. The Morgan fingerprint density at radius 2 is 1.90 bits per heavy atom. The first-order valence-corrected chi connectivity index (χ1v) is 8.94. The van der Waals surface area contributed by atoms with E-state index in [0.717, 1.165) is 12.8 Å². The van der Waals surface area contributed by atoms with Crippen LogP contribution in [0, 0.1) is 5.92 Å². The van der Waals surface area contributed by atoms with Crippen LogP contribution in [0.15, 0.2) is 0 Å². The van der Waals surface area contributed by atoms with E-state index in [4.69, 9.17) is 4.74 Å². The molecule has 2 unspecified atom stereocenters. The number of carbonyl (C=O) groups excluding carboxylic acids is 1. The molecule has 3 fully saturated rings. The molecule has 6 nitrogen and oxygen atoms in total. The van der Waals surface area contributed by atoms with E-state index >= 15 is 0 Å². The second-order valence-corrected chi connectivity index (χ2v) is 8.19. The molecule has 3 saturated heterocycles.